The van der Waals surface area contributed by atoms with Crippen LogP contribution < -0.4 is 9.40 Å². The Bertz CT molecular complexity index is 655. The van der Waals surface area contributed by atoms with Gasteiger partial charge in [0.2, 0.25) is 0 Å². The van der Waals surface area contributed by atoms with E-state index < -0.39 is 7.81 Å². The number of rotatable bonds is 3. The predicted molar refractivity (Wildman–Crippen MR) is 75.7 cm³/mol. The first-order valence-electron chi connectivity index (χ1n) is 6.40. The molecule has 2 rings (SSSR count). The number of aromatic nitrogens is 2. The molecular formula is C13H17F6N2OP. The van der Waals surface area contributed by atoms with Gasteiger partial charge in [0.05, 0.1) is 0 Å². The summed E-state index contributed by atoms with van der Waals surface area (Å²) in [5, 5.41) is 0. The average Bonchev–Trinajstić information content (AvgIpc) is 2.64. The molecule has 132 valence electrons. The van der Waals surface area contributed by atoms with Crippen molar-refractivity contribution in [3.63, 3.8) is 0 Å². The Morgan fingerprint density at radius 1 is 1.00 bits per heavy atom. The van der Waals surface area contributed by atoms with Crippen LogP contribution in [0.3, 0.4) is 0 Å². The molecule has 0 bridgehead atoms. The van der Waals surface area contributed by atoms with Crippen molar-refractivity contribution < 1.29 is 34.6 Å². The van der Waals surface area contributed by atoms with Gasteiger partial charge in [0.1, 0.15) is 19.3 Å². The van der Waals surface area contributed by atoms with Crippen LogP contribution in [0.15, 0.2) is 36.7 Å². The number of hydrogen-bond donors (Lipinski definition) is 0. The van der Waals surface area contributed by atoms with Gasteiger partial charge in [-0.05, 0) is 10.3 Å². The first-order valence-corrected chi connectivity index (χ1v) is 8.43. The van der Waals surface area contributed by atoms with E-state index in [0.29, 0.717) is 0 Å². The van der Waals surface area contributed by atoms with Gasteiger partial charge >= 0.3 is 33.0 Å². The zero-order chi connectivity index (χ0) is 18.0. The standard InChI is InChI=1S/C13H17N2O.F6P/c1-11-12(2)15(16-3)10-14(11)9-13-7-5-4-6-8-13;1-7(2,3,4,5)6/h4-8,10H,9H2,1-3H3;/q+1;-1. The summed E-state index contributed by atoms with van der Waals surface area (Å²) in [4.78, 5) is 5.24. The third-order valence-corrected chi connectivity index (χ3v) is 2.92. The molecule has 0 amide bonds. The molecule has 1 heterocycles. The van der Waals surface area contributed by atoms with Gasteiger partial charge in [-0.15, -0.1) is 0 Å². The Morgan fingerprint density at radius 3 is 1.87 bits per heavy atom. The molecule has 0 N–H and O–H groups in total. The van der Waals surface area contributed by atoms with E-state index in [4.69, 9.17) is 4.84 Å². The zero-order valence-corrected chi connectivity index (χ0v) is 13.6. The molecule has 1 aromatic heterocycles. The molecule has 0 aliphatic rings. The SMILES string of the molecule is COn1c[n+](Cc2ccccc2)c(C)c1C.F[P-](F)(F)(F)(F)F. The molecule has 1 aromatic carbocycles. The van der Waals surface area contributed by atoms with Crippen LogP contribution in [0.25, 0.3) is 0 Å². The second-order valence-electron chi connectivity index (χ2n) is 4.87. The summed E-state index contributed by atoms with van der Waals surface area (Å²) >= 11 is 0. The molecule has 0 aliphatic carbocycles. The molecule has 0 aliphatic heterocycles. The predicted octanol–water partition coefficient (Wildman–Crippen LogP) is 4.88. The third kappa shape index (κ3) is 8.44. The quantitative estimate of drug-likeness (QED) is 0.432. The van der Waals surface area contributed by atoms with Crippen molar-refractivity contribution in [2.75, 3.05) is 7.11 Å². The van der Waals surface area contributed by atoms with Gasteiger partial charge in [0.15, 0.2) is 5.69 Å². The van der Waals surface area contributed by atoms with Gasteiger partial charge in [-0.25, -0.2) is 4.57 Å². The van der Waals surface area contributed by atoms with Crippen LogP contribution in [0.1, 0.15) is 17.0 Å². The number of hydrogen-bond acceptors (Lipinski definition) is 1. The Morgan fingerprint density at radius 2 is 1.48 bits per heavy atom. The zero-order valence-electron chi connectivity index (χ0n) is 12.7. The van der Waals surface area contributed by atoms with E-state index in [0.717, 1.165) is 12.2 Å². The van der Waals surface area contributed by atoms with Crippen LogP contribution in [0.4, 0.5) is 25.2 Å². The van der Waals surface area contributed by atoms with Gasteiger partial charge in [-0.3, -0.25) is 0 Å². The normalized spacial score (nSPS) is 14.3. The Balaban J connectivity index is 0.000000322. The van der Waals surface area contributed by atoms with E-state index >= 15 is 0 Å². The molecule has 0 unspecified atom stereocenters. The van der Waals surface area contributed by atoms with Crippen molar-refractivity contribution in [2.45, 2.75) is 20.4 Å². The maximum absolute atomic E-state index is 10.7. The summed E-state index contributed by atoms with van der Waals surface area (Å²) in [5.74, 6) is 0. The van der Waals surface area contributed by atoms with Crippen molar-refractivity contribution in [2.24, 2.45) is 0 Å². The van der Waals surface area contributed by atoms with E-state index in [-0.39, 0.29) is 0 Å². The van der Waals surface area contributed by atoms with E-state index in [2.05, 4.69) is 42.7 Å². The third-order valence-electron chi connectivity index (χ3n) is 2.92. The monoisotopic (exact) mass is 362 g/mol. The van der Waals surface area contributed by atoms with Crippen molar-refractivity contribution in [1.29, 1.82) is 0 Å². The molecule has 3 nitrogen and oxygen atoms in total. The van der Waals surface area contributed by atoms with Gasteiger partial charge in [0, 0.05) is 13.8 Å². The average molecular weight is 362 g/mol. The molecule has 0 saturated heterocycles. The Hall–Kier alpha value is -1.76. The summed E-state index contributed by atoms with van der Waals surface area (Å²) in [5.41, 5.74) is 3.66. The number of nitrogens with zero attached hydrogens (tertiary/aromatic N) is 2. The molecule has 0 saturated carbocycles. The number of halogens is 6. The summed E-state index contributed by atoms with van der Waals surface area (Å²) < 4.78 is 63.2. The molecule has 2 aromatic rings. The first kappa shape index (κ1) is 19.3. The van der Waals surface area contributed by atoms with Crippen LogP contribution in [0.5, 0.6) is 0 Å². The van der Waals surface area contributed by atoms with Gasteiger partial charge in [0.25, 0.3) is 6.33 Å². The molecule has 0 spiro atoms. The van der Waals surface area contributed by atoms with Gasteiger partial charge in [-0.2, -0.15) is 0 Å². The fourth-order valence-electron chi connectivity index (χ4n) is 1.79. The summed E-state index contributed by atoms with van der Waals surface area (Å²) in [6.07, 6.45) is 1.98. The van der Waals surface area contributed by atoms with Crippen LogP contribution in [-0.2, 0) is 6.54 Å². The van der Waals surface area contributed by atoms with Crippen molar-refractivity contribution in [3.05, 3.63) is 53.6 Å². The minimum atomic E-state index is -10.7. The van der Waals surface area contributed by atoms with Gasteiger partial charge in [-0.1, -0.05) is 30.3 Å². The van der Waals surface area contributed by atoms with Crippen LogP contribution in [-0.4, -0.2) is 11.8 Å². The fourth-order valence-corrected chi connectivity index (χ4v) is 1.79. The van der Waals surface area contributed by atoms with Crippen molar-refractivity contribution in [3.8, 4) is 0 Å². The van der Waals surface area contributed by atoms with Crippen molar-refractivity contribution >= 4 is 7.81 Å². The Kier molecular flexibility index (Phi) is 4.78. The molecule has 0 fully saturated rings. The summed E-state index contributed by atoms with van der Waals surface area (Å²) in [6, 6.07) is 10.4. The van der Waals surface area contributed by atoms with Crippen LogP contribution in [0.2, 0.25) is 0 Å². The molecule has 23 heavy (non-hydrogen) atoms. The number of imidazole rings is 1. The Labute approximate surface area is 129 Å². The van der Waals surface area contributed by atoms with E-state index in [1.165, 1.54) is 11.3 Å². The topological polar surface area (TPSA) is 18.0 Å². The van der Waals surface area contributed by atoms with Gasteiger partial charge < -0.3 is 4.84 Å². The van der Waals surface area contributed by atoms with E-state index in [9.17, 15) is 25.2 Å². The second-order valence-corrected chi connectivity index (χ2v) is 6.78. The molecular weight excluding hydrogens is 345 g/mol. The van der Waals surface area contributed by atoms with E-state index in [1.807, 2.05) is 12.4 Å². The summed E-state index contributed by atoms with van der Waals surface area (Å²) in [6.45, 7) is 5.04. The second kappa shape index (κ2) is 5.70. The van der Waals surface area contributed by atoms with E-state index in [1.54, 1.807) is 11.8 Å². The van der Waals surface area contributed by atoms with Crippen molar-refractivity contribution in [1.82, 2.24) is 4.73 Å². The molecule has 0 atom stereocenters. The molecule has 0 radical (unpaired) electrons. The maximum atomic E-state index is 9.87. The minimum absolute atomic E-state index is 0.879. The molecule has 10 heteroatoms. The van der Waals surface area contributed by atoms with Crippen LogP contribution in [0, 0.1) is 13.8 Å². The summed E-state index contributed by atoms with van der Waals surface area (Å²) in [7, 11) is -8.98. The first-order chi connectivity index (χ1) is 10.2. The fraction of sp³-hybridized carbons (Fsp3) is 0.308. The number of benzene rings is 1. The van der Waals surface area contributed by atoms with Crippen LogP contribution >= 0.6 is 7.81 Å².